The zero-order chi connectivity index (χ0) is 13.0. The average molecular weight is 240 g/mol. The summed E-state index contributed by atoms with van der Waals surface area (Å²) in [5.41, 5.74) is 3.85. The van der Waals surface area contributed by atoms with Gasteiger partial charge in [0, 0.05) is 30.2 Å². The van der Waals surface area contributed by atoms with Gasteiger partial charge in [0.2, 0.25) is 0 Å². The van der Waals surface area contributed by atoms with Gasteiger partial charge in [0.1, 0.15) is 5.69 Å². The molecule has 92 valence electrons. The first-order valence-corrected chi connectivity index (χ1v) is 5.88. The van der Waals surface area contributed by atoms with Gasteiger partial charge in [-0.3, -0.25) is 9.98 Å². The molecular formula is C14H16N4. The molecule has 0 aromatic carbocycles. The number of rotatable bonds is 4. The zero-order valence-electron chi connectivity index (χ0n) is 10.6. The van der Waals surface area contributed by atoms with E-state index < -0.39 is 0 Å². The number of nitrogens with zero attached hydrogens (tertiary/aromatic N) is 3. The molecule has 0 radical (unpaired) electrons. The lowest BCUT2D eigenvalue weighted by Crippen LogP contribution is -1.99. The average Bonchev–Trinajstić information content (AvgIpc) is 2.39. The number of anilines is 1. The molecule has 4 heteroatoms. The number of hydrogen-bond donors (Lipinski definition) is 1. The van der Waals surface area contributed by atoms with Crippen molar-refractivity contribution in [2.75, 3.05) is 11.9 Å². The van der Waals surface area contributed by atoms with Gasteiger partial charge in [0.25, 0.3) is 0 Å². The standard InChI is InChI=1S/C14H16N4/c1-4-16-14-13(15-3)8-12(9-18-14)11-5-6-17-10(2)7-11/h5-9H,3-4H2,1-2H3,(H,16,18). The molecule has 2 rings (SSSR count). The van der Waals surface area contributed by atoms with Gasteiger partial charge in [-0.15, -0.1) is 0 Å². The highest BCUT2D eigenvalue weighted by Gasteiger charge is 2.05. The van der Waals surface area contributed by atoms with Crippen molar-refractivity contribution in [2.45, 2.75) is 13.8 Å². The van der Waals surface area contributed by atoms with E-state index in [0.29, 0.717) is 0 Å². The molecule has 0 saturated heterocycles. The van der Waals surface area contributed by atoms with Crippen molar-refractivity contribution in [1.82, 2.24) is 9.97 Å². The summed E-state index contributed by atoms with van der Waals surface area (Å²) in [5, 5.41) is 3.16. The fraction of sp³-hybridized carbons (Fsp3) is 0.214. The summed E-state index contributed by atoms with van der Waals surface area (Å²) in [5.74, 6) is 0.766. The smallest absolute Gasteiger partial charge is 0.151 e. The first-order valence-electron chi connectivity index (χ1n) is 5.88. The van der Waals surface area contributed by atoms with Crippen molar-refractivity contribution in [3.63, 3.8) is 0 Å². The molecule has 4 nitrogen and oxygen atoms in total. The quantitative estimate of drug-likeness (QED) is 0.835. The van der Waals surface area contributed by atoms with Crippen LogP contribution in [-0.4, -0.2) is 23.2 Å². The van der Waals surface area contributed by atoms with Crippen molar-refractivity contribution in [3.8, 4) is 11.1 Å². The fourth-order valence-corrected chi connectivity index (χ4v) is 1.76. The summed E-state index contributed by atoms with van der Waals surface area (Å²) < 4.78 is 0. The van der Waals surface area contributed by atoms with Gasteiger partial charge in [-0.2, -0.15) is 0 Å². The molecule has 0 fully saturated rings. The maximum atomic E-state index is 4.38. The Morgan fingerprint density at radius 2 is 2.11 bits per heavy atom. The Kier molecular flexibility index (Phi) is 3.67. The monoisotopic (exact) mass is 240 g/mol. The summed E-state index contributed by atoms with van der Waals surface area (Å²) in [4.78, 5) is 12.6. The van der Waals surface area contributed by atoms with Gasteiger partial charge in [-0.25, -0.2) is 4.98 Å². The molecule has 2 aromatic heterocycles. The molecule has 0 unspecified atom stereocenters. The fourth-order valence-electron chi connectivity index (χ4n) is 1.76. The number of aryl methyl sites for hydroxylation is 1. The Bertz CT molecular complexity index is 563. The number of pyridine rings is 2. The van der Waals surface area contributed by atoms with Crippen molar-refractivity contribution in [1.29, 1.82) is 0 Å². The molecule has 1 N–H and O–H groups in total. The van der Waals surface area contributed by atoms with Crippen LogP contribution in [0.1, 0.15) is 12.6 Å². The maximum Gasteiger partial charge on any atom is 0.151 e. The SMILES string of the molecule is C=Nc1cc(-c2ccnc(C)c2)cnc1NCC. The molecular weight excluding hydrogens is 224 g/mol. The van der Waals surface area contributed by atoms with Gasteiger partial charge in [0.05, 0.1) is 0 Å². The Morgan fingerprint density at radius 3 is 2.78 bits per heavy atom. The number of aliphatic imine (C=N–C) groups is 1. The number of hydrogen-bond acceptors (Lipinski definition) is 4. The van der Waals surface area contributed by atoms with Gasteiger partial charge >= 0.3 is 0 Å². The van der Waals surface area contributed by atoms with Crippen LogP contribution in [0.4, 0.5) is 11.5 Å². The highest BCUT2D eigenvalue weighted by molar-refractivity contribution is 5.73. The topological polar surface area (TPSA) is 50.2 Å². The molecule has 0 aliphatic heterocycles. The van der Waals surface area contributed by atoms with Crippen molar-refractivity contribution < 1.29 is 0 Å². The molecule has 0 bridgehead atoms. The Labute approximate surface area is 107 Å². The van der Waals surface area contributed by atoms with Crippen LogP contribution in [0.2, 0.25) is 0 Å². The van der Waals surface area contributed by atoms with Crippen molar-refractivity contribution in [2.24, 2.45) is 4.99 Å². The van der Waals surface area contributed by atoms with E-state index in [1.54, 1.807) is 6.20 Å². The molecule has 0 saturated carbocycles. The summed E-state index contributed by atoms with van der Waals surface area (Å²) in [6.07, 6.45) is 3.63. The molecule has 2 heterocycles. The number of nitrogens with one attached hydrogen (secondary N) is 1. The van der Waals surface area contributed by atoms with Crippen LogP contribution >= 0.6 is 0 Å². The van der Waals surface area contributed by atoms with E-state index in [1.807, 2.05) is 38.2 Å². The molecule has 0 aliphatic carbocycles. The van der Waals surface area contributed by atoms with Crippen LogP contribution in [0.3, 0.4) is 0 Å². The lowest BCUT2D eigenvalue weighted by atomic mass is 10.1. The second-order valence-corrected chi connectivity index (χ2v) is 3.97. The van der Waals surface area contributed by atoms with E-state index in [9.17, 15) is 0 Å². The van der Waals surface area contributed by atoms with E-state index in [1.165, 1.54) is 0 Å². The Hall–Kier alpha value is -2.23. The van der Waals surface area contributed by atoms with E-state index >= 15 is 0 Å². The minimum Gasteiger partial charge on any atom is -0.369 e. The summed E-state index contributed by atoms with van der Waals surface area (Å²) in [6.45, 7) is 8.38. The van der Waals surface area contributed by atoms with E-state index in [4.69, 9.17) is 0 Å². The third-order valence-corrected chi connectivity index (χ3v) is 2.61. The van der Waals surface area contributed by atoms with E-state index in [-0.39, 0.29) is 0 Å². The summed E-state index contributed by atoms with van der Waals surface area (Å²) in [7, 11) is 0. The lowest BCUT2D eigenvalue weighted by molar-refractivity contribution is 1.15. The second-order valence-electron chi connectivity index (χ2n) is 3.97. The van der Waals surface area contributed by atoms with Crippen molar-refractivity contribution >= 4 is 18.2 Å². The molecule has 0 atom stereocenters. The molecule has 0 spiro atoms. The van der Waals surface area contributed by atoms with E-state index in [0.717, 1.165) is 34.9 Å². The first kappa shape index (κ1) is 12.2. The van der Waals surface area contributed by atoms with E-state index in [2.05, 4.69) is 27.0 Å². The maximum absolute atomic E-state index is 4.38. The molecule has 0 aliphatic rings. The lowest BCUT2D eigenvalue weighted by Gasteiger charge is -2.08. The highest BCUT2D eigenvalue weighted by atomic mass is 15.0. The van der Waals surface area contributed by atoms with Crippen LogP contribution in [0.15, 0.2) is 35.6 Å². The third-order valence-electron chi connectivity index (χ3n) is 2.61. The van der Waals surface area contributed by atoms with Gasteiger partial charge in [-0.1, -0.05) is 0 Å². The minimum atomic E-state index is 0.766. The van der Waals surface area contributed by atoms with Crippen LogP contribution in [-0.2, 0) is 0 Å². The number of aromatic nitrogens is 2. The normalized spacial score (nSPS) is 10.1. The van der Waals surface area contributed by atoms with Crippen LogP contribution in [0.5, 0.6) is 0 Å². The van der Waals surface area contributed by atoms with Crippen LogP contribution < -0.4 is 5.32 Å². The third kappa shape index (κ3) is 2.53. The summed E-state index contributed by atoms with van der Waals surface area (Å²) >= 11 is 0. The predicted octanol–water partition coefficient (Wildman–Crippen LogP) is 3.22. The van der Waals surface area contributed by atoms with Crippen molar-refractivity contribution in [3.05, 3.63) is 36.3 Å². The first-order chi connectivity index (χ1) is 8.74. The van der Waals surface area contributed by atoms with Crippen LogP contribution in [0.25, 0.3) is 11.1 Å². The minimum absolute atomic E-state index is 0.766. The van der Waals surface area contributed by atoms with Crippen LogP contribution in [0, 0.1) is 6.92 Å². The highest BCUT2D eigenvalue weighted by Crippen LogP contribution is 2.28. The zero-order valence-corrected chi connectivity index (χ0v) is 10.6. The summed E-state index contributed by atoms with van der Waals surface area (Å²) in [6, 6.07) is 5.97. The molecule has 0 amide bonds. The Morgan fingerprint density at radius 1 is 1.28 bits per heavy atom. The van der Waals surface area contributed by atoms with Gasteiger partial charge < -0.3 is 5.32 Å². The molecule has 18 heavy (non-hydrogen) atoms. The van der Waals surface area contributed by atoms with Gasteiger partial charge in [0.15, 0.2) is 5.82 Å². The Balaban J connectivity index is 2.44. The molecule has 2 aromatic rings. The predicted molar refractivity (Wildman–Crippen MR) is 75.6 cm³/mol. The second kappa shape index (κ2) is 5.40. The van der Waals surface area contributed by atoms with Gasteiger partial charge in [-0.05, 0) is 44.3 Å². The largest absolute Gasteiger partial charge is 0.369 e.